The monoisotopic (exact) mass is 632 g/mol. The summed E-state index contributed by atoms with van der Waals surface area (Å²) >= 11 is 0. The Bertz CT molecular complexity index is 1730. The molecule has 2 aromatic carbocycles. The van der Waals surface area contributed by atoms with E-state index in [1.807, 2.05) is 0 Å². The van der Waals surface area contributed by atoms with Crippen molar-refractivity contribution in [2.45, 2.75) is 50.2 Å². The lowest BCUT2D eigenvalue weighted by Crippen LogP contribution is -2.46. The van der Waals surface area contributed by atoms with Gasteiger partial charge in [0.2, 0.25) is 10.0 Å². The summed E-state index contributed by atoms with van der Waals surface area (Å²) in [5.74, 6) is -0.386. The highest BCUT2D eigenvalue weighted by atomic mass is 32.2. The Morgan fingerprint density at radius 2 is 1.80 bits per heavy atom. The first-order chi connectivity index (χ1) is 20.8. The topological polar surface area (TPSA) is 135 Å². The Balaban J connectivity index is 1.58. The van der Waals surface area contributed by atoms with Crippen LogP contribution >= 0.6 is 0 Å². The first-order valence-electron chi connectivity index (χ1n) is 13.9. The Morgan fingerprint density at radius 1 is 1.07 bits per heavy atom. The van der Waals surface area contributed by atoms with Gasteiger partial charge in [0, 0.05) is 18.9 Å². The molecule has 9 nitrogen and oxygen atoms in total. The number of pyridine rings is 1. The second kappa shape index (κ2) is 12.3. The molecule has 2 heterocycles. The van der Waals surface area contributed by atoms with Crippen molar-refractivity contribution in [1.29, 1.82) is 0 Å². The number of aromatic nitrogens is 3. The largest absolute Gasteiger partial charge is 0.435 e. The van der Waals surface area contributed by atoms with Crippen LogP contribution in [0, 0.1) is 11.7 Å². The third-order valence-electron chi connectivity index (χ3n) is 7.61. The molecule has 2 aromatic heterocycles. The van der Waals surface area contributed by atoms with Gasteiger partial charge in [-0.3, -0.25) is 4.98 Å². The predicted molar refractivity (Wildman–Crippen MR) is 156 cm³/mol. The van der Waals surface area contributed by atoms with Gasteiger partial charge in [-0.05, 0) is 77.9 Å². The summed E-state index contributed by atoms with van der Waals surface area (Å²) in [6.45, 7) is 0.122. The minimum Gasteiger partial charge on any atom is -0.368 e. The van der Waals surface area contributed by atoms with Gasteiger partial charge in [-0.25, -0.2) is 22.2 Å². The molecule has 44 heavy (non-hydrogen) atoms. The van der Waals surface area contributed by atoms with Crippen molar-refractivity contribution in [3.05, 3.63) is 107 Å². The quantitative estimate of drug-likeness (QED) is 0.128. The fourth-order valence-corrected chi connectivity index (χ4v) is 6.25. The lowest BCUT2D eigenvalue weighted by Gasteiger charge is -2.36. The van der Waals surface area contributed by atoms with E-state index in [1.165, 1.54) is 36.7 Å². The summed E-state index contributed by atoms with van der Waals surface area (Å²) in [5.41, 5.74) is 4.34. The van der Waals surface area contributed by atoms with Gasteiger partial charge in [-0.15, -0.1) is 0 Å². The summed E-state index contributed by atoms with van der Waals surface area (Å²) in [6, 6.07) is 14.2. The van der Waals surface area contributed by atoms with Crippen LogP contribution < -0.4 is 15.8 Å². The number of aliphatic hydroxyl groups is 1. The molecule has 0 bridgehead atoms. The zero-order valence-electron chi connectivity index (χ0n) is 23.7. The van der Waals surface area contributed by atoms with Crippen LogP contribution in [0.15, 0.2) is 73.1 Å². The van der Waals surface area contributed by atoms with E-state index in [-0.39, 0.29) is 23.6 Å². The van der Waals surface area contributed by atoms with E-state index in [0.29, 0.717) is 41.5 Å². The maximum atomic E-state index is 15.3. The van der Waals surface area contributed by atoms with E-state index in [0.717, 1.165) is 29.8 Å². The molecule has 0 amide bonds. The number of hydrogen-bond donors (Lipinski definition) is 4. The van der Waals surface area contributed by atoms with Gasteiger partial charge in [0.05, 0.1) is 28.9 Å². The average molecular weight is 633 g/mol. The Labute approximate surface area is 252 Å². The molecule has 0 spiro atoms. The molecule has 14 heteroatoms. The fraction of sp³-hybridized carbons (Fsp3) is 0.333. The first-order valence-corrected chi connectivity index (χ1v) is 15.8. The minimum absolute atomic E-state index is 0.122. The van der Waals surface area contributed by atoms with Gasteiger partial charge in [0.25, 0.3) is 0 Å². The molecular formula is C30H32F4N6O3S. The zero-order chi connectivity index (χ0) is 31.7. The van der Waals surface area contributed by atoms with E-state index < -0.39 is 39.5 Å². The van der Waals surface area contributed by atoms with E-state index >= 15 is 4.39 Å². The summed E-state index contributed by atoms with van der Waals surface area (Å²) in [7, 11) is -3.81. The smallest absolute Gasteiger partial charge is 0.368 e. The Kier molecular flexibility index (Phi) is 8.80. The van der Waals surface area contributed by atoms with Crippen molar-refractivity contribution in [1.82, 2.24) is 19.5 Å². The molecule has 1 aliphatic rings. The van der Waals surface area contributed by atoms with Crippen molar-refractivity contribution >= 4 is 15.7 Å². The standard InChI is InChI=1S/C30H32F4N6O3S/c1-44(42,43)39-29(12-9-19-5-6-19,21-10-13-36-14-11-21)22-7-8-24(31)25(16-22)37-28(41)26-17-27(30(32,33)34)38-40(26)23-4-2-3-20(15-23)18-35/h2-4,7-8,10-11,13-17,19,28,37,39,41H,5-6,9,12,18,35H2,1H3. The highest BCUT2D eigenvalue weighted by molar-refractivity contribution is 7.88. The maximum Gasteiger partial charge on any atom is 0.435 e. The van der Waals surface area contributed by atoms with Crippen LogP contribution in [-0.2, 0) is 28.3 Å². The van der Waals surface area contributed by atoms with Gasteiger partial charge < -0.3 is 16.2 Å². The van der Waals surface area contributed by atoms with E-state index in [1.54, 1.807) is 24.3 Å². The van der Waals surface area contributed by atoms with Crippen molar-refractivity contribution in [3.63, 3.8) is 0 Å². The minimum atomic E-state index is -4.82. The molecule has 1 saturated carbocycles. The molecule has 0 aliphatic heterocycles. The number of benzene rings is 2. The van der Waals surface area contributed by atoms with Crippen molar-refractivity contribution < 1.29 is 31.1 Å². The Hall–Kier alpha value is -3.85. The van der Waals surface area contributed by atoms with E-state index in [4.69, 9.17) is 5.73 Å². The molecule has 2 atom stereocenters. The fourth-order valence-electron chi connectivity index (χ4n) is 5.28. The highest BCUT2D eigenvalue weighted by Gasteiger charge is 2.40. The predicted octanol–water partition coefficient (Wildman–Crippen LogP) is 4.97. The maximum absolute atomic E-state index is 15.3. The van der Waals surface area contributed by atoms with E-state index in [2.05, 4.69) is 20.1 Å². The summed E-state index contributed by atoms with van der Waals surface area (Å²) in [5, 5.41) is 17.4. The van der Waals surface area contributed by atoms with Gasteiger partial charge >= 0.3 is 6.18 Å². The number of hydrogen-bond acceptors (Lipinski definition) is 7. The second-order valence-electron chi connectivity index (χ2n) is 11.0. The number of nitrogens with one attached hydrogen (secondary N) is 2. The number of nitrogens with two attached hydrogens (primary N) is 1. The van der Waals surface area contributed by atoms with Crippen LogP contribution in [0.5, 0.6) is 0 Å². The van der Waals surface area contributed by atoms with Crippen molar-refractivity contribution in [2.24, 2.45) is 11.7 Å². The summed E-state index contributed by atoms with van der Waals surface area (Å²) in [4.78, 5) is 4.05. The second-order valence-corrected chi connectivity index (χ2v) is 12.7. The number of nitrogens with zero attached hydrogens (tertiary/aromatic N) is 3. The normalized spacial score (nSPS) is 16.0. The lowest BCUT2D eigenvalue weighted by atomic mass is 9.79. The van der Waals surface area contributed by atoms with Gasteiger partial charge in [0.15, 0.2) is 11.9 Å². The van der Waals surface area contributed by atoms with Crippen LogP contribution in [0.25, 0.3) is 5.69 Å². The van der Waals surface area contributed by atoms with Crippen LogP contribution in [0.2, 0.25) is 0 Å². The number of aliphatic hydroxyl groups excluding tert-OH is 1. The average Bonchev–Trinajstić information content (AvgIpc) is 3.70. The number of alkyl halides is 3. The highest BCUT2D eigenvalue weighted by Crippen LogP contribution is 2.42. The third-order valence-corrected chi connectivity index (χ3v) is 8.33. The molecule has 0 radical (unpaired) electrons. The number of sulfonamides is 1. The number of rotatable bonds is 12. The summed E-state index contributed by atoms with van der Waals surface area (Å²) in [6.07, 6.45) is 0.495. The summed E-state index contributed by atoms with van der Waals surface area (Å²) < 4.78 is 85.4. The number of anilines is 1. The van der Waals surface area contributed by atoms with Crippen molar-refractivity contribution in [2.75, 3.05) is 11.6 Å². The molecule has 1 fully saturated rings. The molecule has 2 unspecified atom stereocenters. The van der Waals surface area contributed by atoms with Gasteiger partial charge in [-0.2, -0.15) is 18.3 Å². The van der Waals surface area contributed by atoms with Crippen molar-refractivity contribution in [3.8, 4) is 5.69 Å². The van der Waals surface area contributed by atoms with Crippen LogP contribution in [0.4, 0.5) is 23.2 Å². The zero-order valence-corrected chi connectivity index (χ0v) is 24.5. The van der Waals surface area contributed by atoms with Gasteiger partial charge in [0.1, 0.15) is 5.82 Å². The molecule has 5 rings (SSSR count). The SMILES string of the molecule is CS(=O)(=O)NC(CCC1CC1)(c1ccncc1)c1ccc(F)c(NC(O)c2cc(C(F)(F)F)nn2-c2cccc(CN)c2)c1. The molecular weight excluding hydrogens is 600 g/mol. The third kappa shape index (κ3) is 7.09. The van der Waals surface area contributed by atoms with Crippen LogP contribution in [0.3, 0.4) is 0 Å². The number of halogens is 4. The molecule has 234 valence electrons. The molecule has 4 aromatic rings. The lowest BCUT2D eigenvalue weighted by molar-refractivity contribution is -0.141. The van der Waals surface area contributed by atoms with Gasteiger partial charge in [-0.1, -0.05) is 31.0 Å². The van der Waals surface area contributed by atoms with Crippen LogP contribution in [-0.4, -0.2) is 34.5 Å². The molecule has 1 aliphatic carbocycles. The Morgan fingerprint density at radius 3 is 2.43 bits per heavy atom. The van der Waals surface area contributed by atoms with E-state index in [9.17, 15) is 26.7 Å². The van der Waals surface area contributed by atoms with Crippen LogP contribution in [0.1, 0.15) is 60.0 Å². The molecule has 0 saturated heterocycles. The first kappa shape index (κ1) is 31.6. The molecule has 5 N–H and O–H groups in total.